The van der Waals surface area contributed by atoms with Crippen molar-refractivity contribution < 1.29 is 4.79 Å². The van der Waals surface area contributed by atoms with Crippen LogP contribution in [-0.4, -0.2) is 40.4 Å². The number of carbonyl (C=O) groups excluding carboxylic acids is 1. The second-order valence-corrected chi connectivity index (χ2v) is 9.93. The highest BCUT2D eigenvalue weighted by molar-refractivity contribution is 7.99. The molecule has 0 aliphatic heterocycles. The summed E-state index contributed by atoms with van der Waals surface area (Å²) in [6, 6.07) is 8.22. The lowest BCUT2D eigenvalue weighted by atomic mass is 9.83. The van der Waals surface area contributed by atoms with Crippen LogP contribution < -0.4 is 5.32 Å². The molecule has 1 N–H and O–H groups in total. The van der Waals surface area contributed by atoms with Crippen molar-refractivity contribution in [1.82, 2.24) is 9.88 Å². The van der Waals surface area contributed by atoms with E-state index in [0.29, 0.717) is 21.8 Å². The summed E-state index contributed by atoms with van der Waals surface area (Å²) in [6.07, 6.45) is 7.73. The van der Waals surface area contributed by atoms with Crippen molar-refractivity contribution in [2.75, 3.05) is 18.6 Å². The van der Waals surface area contributed by atoms with Crippen LogP contribution in [0.3, 0.4) is 0 Å². The zero-order valence-corrected chi connectivity index (χ0v) is 18.9. The SMILES string of the molecule is CSC1CC(C(=O)N(C)Cc2ccc(NC3Cc4ccc(Cl)c(Cl)c4C3)cn2)C1. The smallest absolute Gasteiger partial charge is 0.225 e. The fraction of sp³-hybridized carbons (Fsp3) is 0.455. The van der Waals surface area contributed by atoms with Gasteiger partial charge in [0.2, 0.25) is 5.91 Å². The van der Waals surface area contributed by atoms with Crippen molar-refractivity contribution in [3.05, 3.63) is 57.3 Å². The van der Waals surface area contributed by atoms with E-state index in [9.17, 15) is 4.79 Å². The molecule has 4 rings (SSSR count). The van der Waals surface area contributed by atoms with Crippen LogP contribution in [0.1, 0.15) is 29.7 Å². The molecule has 1 unspecified atom stereocenters. The molecule has 1 saturated carbocycles. The number of fused-ring (bicyclic) bond motifs is 1. The van der Waals surface area contributed by atoms with Crippen LogP contribution in [-0.2, 0) is 24.2 Å². The molecule has 2 aromatic rings. The molecule has 1 heterocycles. The van der Waals surface area contributed by atoms with Gasteiger partial charge in [0, 0.05) is 24.3 Å². The molecule has 1 fully saturated rings. The average molecular weight is 450 g/mol. The minimum atomic E-state index is 0.183. The van der Waals surface area contributed by atoms with Gasteiger partial charge in [-0.1, -0.05) is 29.3 Å². The number of carbonyl (C=O) groups is 1. The minimum absolute atomic E-state index is 0.183. The summed E-state index contributed by atoms with van der Waals surface area (Å²) < 4.78 is 0. The van der Waals surface area contributed by atoms with Gasteiger partial charge in [-0.15, -0.1) is 0 Å². The number of benzene rings is 1. The third-order valence-electron chi connectivity index (χ3n) is 5.96. The molecule has 4 nitrogen and oxygen atoms in total. The Morgan fingerprint density at radius 3 is 2.72 bits per heavy atom. The van der Waals surface area contributed by atoms with Crippen LogP contribution in [0.25, 0.3) is 0 Å². The standard InChI is InChI=1S/C22H25Cl2N3OS/c1-27(22(28)14-8-18(9-14)29-2)12-16-5-4-15(11-25-16)26-17-7-13-3-6-20(23)21(24)19(13)10-17/h3-6,11,14,17-18,26H,7-10,12H2,1-2H3. The van der Waals surface area contributed by atoms with Gasteiger partial charge < -0.3 is 10.2 Å². The van der Waals surface area contributed by atoms with Crippen LogP contribution in [0.4, 0.5) is 5.69 Å². The zero-order valence-electron chi connectivity index (χ0n) is 16.6. The first kappa shape index (κ1) is 20.8. The number of halogens is 2. The maximum Gasteiger partial charge on any atom is 0.225 e. The Balaban J connectivity index is 1.31. The third-order valence-corrected chi connectivity index (χ3v) is 7.85. The van der Waals surface area contributed by atoms with Crippen LogP contribution in [0.2, 0.25) is 10.0 Å². The van der Waals surface area contributed by atoms with E-state index in [-0.39, 0.29) is 17.9 Å². The van der Waals surface area contributed by atoms with Crippen molar-refractivity contribution in [1.29, 1.82) is 0 Å². The van der Waals surface area contributed by atoms with E-state index in [1.54, 1.807) is 4.90 Å². The van der Waals surface area contributed by atoms with Crippen molar-refractivity contribution in [2.45, 2.75) is 43.5 Å². The van der Waals surface area contributed by atoms with Gasteiger partial charge in [0.15, 0.2) is 0 Å². The van der Waals surface area contributed by atoms with Crippen LogP contribution >= 0.6 is 35.0 Å². The first-order chi connectivity index (χ1) is 13.9. The highest BCUT2D eigenvalue weighted by atomic mass is 35.5. The Kier molecular flexibility index (Phi) is 6.28. The predicted molar refractivity (Wildman–Crippen MR) is 122 cm³/mol. The summed E-state index contributed by atoms with van der Waals surface area (Å²) in [5.41, 5.74) is 4.27. The quantitative estimate of drug-likeness (QED) is 0.668. The molecule has 2 aliphatic carbocycles. The molecule has 1 atom stereocenters. The molecule has 1 aromatic heterocycles. The Labute approximate surface area is 186 Å². The van der Waals surface area contributed by atoms with E-state index < -0.39 is 0 Å². The van der Waals surface area contributed by atoms with Gasteiger partial charge >= 0.3 is 0 Å². The monoisotopic (exact) mass is 449 g/mol. The van der Waals surface area contributed by atoms with E-state index in [0.717, 1.165) is 42.6 Å². The Morgan fingerprint density at radius 1 is 1.24 bits per heavy atom. The molecule has 0 bridgehead atoms. The Hall–Kier alpha value is -1.43. The van der Waals surface area contributed by atoms with E-state index in [4.69, 9.17) is 23.2 Å². The fourth-order valence-electron chi connectivity index (χ4n) is 4.16. The number of amides is 1. The molecule has 154 valence electrons. The number of anilines is 1. The maximum atomic E-state index is 12.5. The summed E-state index contributed by atoms with van der Waals surface area (Å²) in [5.74, 6) is 0.418. The highest BCUT2D eigenvalue weighted by Crippen LogP contribution is 2.37. The van der Waals surface area contributed by atoms with Crippen molar-refractivity contribution in [2.24, 2.45) is 5.92 Å². The summed E-state index contributed by atoms with van der Waals surface area (Å²) in [5, 5.41) is 5.47. The summed E-state index contributed by atoms with van der Waals surface area (Å²) in [7, 11) is 1.87. The molecule has 0 radical (unpaired) electrons. The average Bonchev–Trinajstić information content (AvgIpc) is 3.09. The normalized spacial score (nSPS) is 22.7. The van der Waals surface area contributed by atoms with Gasteiger partial charge in [-0.3, -0.25) is 9.78 Å². The van der Waals surface area contributed by atoms with Gasteiger partial charge in [-0.25, -0.2) is 0 Å². The lowest BCUT2D eigenvalue weighted by molar-refractivity contribution is -0.137. The predicted octanol–water partition coefficient (Wildman–Crippen LogP) is 5.07. The number of rotatable bonds is 6. The molecule has 29 heavy (non-hydrogen) atoms. The second-order valence-electron chi connectivity index (χ2n) is 8.01. The lowest BCUT2D eigenvalue weighted by Crippen LogP contribution is -2.40. The van der Waals surface area contributed by atoms with Gasteiger partial charge in [-0.05, 0) is 61.3 Å². The van der Waals surface area contributed by atoms with E-state index >= 15 is 0 Å². The minimum Gasteiger partial charge on any atom is -0.380 e. The van der Waals surface area contributed by atoms with Crippen LogP contribution in [0.5, 0.6) is 0 Å². The number of hydrogen-bond acceptors (Lipinski definition) is 4. The van der Waals surface area contributed by atoms with Crippen molar-refractivity contribution in [3.63, 3.8) is 0 Å². The lowest BCUT2D eigenvalue weighted by Gasteiger charge is -2.35. The van der Waals surface area contributed by atoms with Gasteiger partial charge in [0.05, 0.1) is 34.2 Å². The number of aromatic nitrogens is 1. The van der Waals surface area contributed by atoms with E-state index in [1.807, 2.05) is 43.2 Å². The van der Waals surface area contributed by atoms with Crippen molar-refractivity contribution in [3.8, 4) is 0 Å². The molecule has 0 saturated heterocycles. The summed E-state index contributed by atoms with van der Waals surface area (Å²) in [6.45, 7) is 0.544. The first-order valence-electron chi connectivity index (χ1n) is 9.89. The van der Waals surface area contributed by atoms with Gasteiger partial charge in [0.1, 0.15) is 0 Å². The highest BCUT2D eigenvalue weighted by Gasteiger charge is 2.35. The topological polar surface area (TPSA) is 45.2 Å². The maximum absolute atomic E-state index is 12.5. The van der Waals surface area contributed by atoms with Gasteiger partial charge in [-0.2, -0.15) is 11.8 Å². The van der Waals surface area contributed by atoms with E-state index in [2.05, 4.69) is 22.6 Å². The number of nitrogens with one attached hydrogen (secondary N) is 1. The number of nitrogens with zero attached hydrogens (tertiary/aromatic N) is 2. The van der Waals surface area contributed by atoms with Crippen molar-refractivity contribution >= 4 is 46.6 Å². The Bertz CT molecular complexity index is 900. The Morgan fingerprint density at radius 2 is 2.03 bits per heavy atom. The largest absolute Gasteiger partial charge is 0.380 e. The van der Waals surface area contributed by atoms with Crippen LogP contribution in [0, 0.1) is 5.92 Å². The third kappa shape index (κ3) is 4.52. The van der Waals surface area contributed by atoms with Gasteiger partial charge in [0.25, 0.3) is 0 Å². The van der Waals surface area contributed by atoms with E-state index in [1.165, 1.54) is 5.56 Å². The molecule has 0 spiro atoms. The molecular formula is C22H25Cl2N3OS. The number of pyridine rings is 1. The molecule has 1 amide bonds. The summed E-state index contributed by atoms with van der Waals surface area (Å²) >= 11 is 14.3. The molecule has 2 aliphatic rings. The molecule has 7 heteroatoms. The first-order valence-corrected chi connectivity index (χ1v) is 11.9. The molecular weight excluding hydrogens is 425 g/mol. The number of hydrogen-bond donors (Lipinski definition) is 1. The summed E-state index contributed by atoms with van der Waals surface area (Å²) in [4.78, 5) is 18.9. The second kappa shape index (κ2) is 8.75. The number of thioether (sulfide) groups is 1. The molecule has 1 aromatic carbocycles. The van der Waals surface area contributed by atoms with Crippen LogP contribution in [0.15, 0.2) is 30.5 Å². The fourth-order valence-corrected chi connectivity index (χ4v) is 5.45. The zero-order chi connectivity index (χ0) is 20.5.